The molecule has 0 fully saturated rings. The summed E-state index contributed by atoms with van der Waals surface area (Å²) in [6.07, 6.45) is 2.33. The number of carbonyl (C=O) groups is 1. The SMILES string of the molecule is CC=Nc1ccc(OP(Oc2ccc(N)cc2)Oc2ccc(NC=O)cc2)cc1. The zero-order chi connectivity index (χ0) is 20.5. The summed E-state index contributed by atoms with van der Waals surface area (Å²) in [5.74, 6) is 1.69. The summed E-state index contributed by atoms with van der Waals surface area (Å²) in [6.45, 7) is 1.86. The summed E-state index contributed by atoms with van der Waals surface area (Å²) in [6, 6.07) is 21.1. The second kappa shape index (κ2) is 10.1. The molecule has 0 radical (unpaired) electrons. The molecule has 0 aliphatic rings. The number of rotatable bonds is 9. The Bertz CT molecular complexity index is 945. The first-order valence-electron chi connectivity index (χ1n) is 8.75. The van der Waals surface area contributed by atoms with Gasteiger partial charge in [-0.2, -0.15) is 0 Å². The van der Waals surface area contributed by atoms with Gasteiger partial charge in [0.2, 0.25) is 6.41 Å². The van der Waals surface area contributed by atoms with E-state index in [1.165, 1.54) is 0 Å². The molecular formula is C21H20N3O4P. The van der Waals surface area contributed by atoms with Gasteiger partial charge in [-0.3, -0.25) is 9.79 Å². The summed E-state index contributed by atoms with van der Waals surface area (Å²) >= 11 is 0. The zero-order valence-electron chi connectivity index (χ0n) is 15.7. The van der Waals surface area contributed by atoms with Gasteiger partial charge in [-0.1, -0.05) is 0 Å². The molecule has 0 aromatic heterocycles. The van der Waals surface area contributed by atoms with Crippen LogP contribution in [0.3, 0.4) is 0 Å². The van der Waals surface area contributed by atoms with Crippen LogP contribution in [-0.2, 0) is 4.79 Å². The van der Waals surface area contributed by atoms with Crippen LogP contribution in [0.1, 0.15) is 6.92 Å². The molecule has 7 nitrogen and oxygen atoms in total. The van der Waals surface area contributed by atoms with Crippen molar-refractivity contribution in [2.24, 2.45) is 4.99 Å². The van der Waals surface area contributed by atoms with E-state index in [2.05, 4.69) is 10.3 Å². The van der Waals surface area contributed by atoms with Crippen molar-refractivity contribution < 1.29 is 18.4 Å². The molecule has 0 saturated heterocycles. The van der Waals surface area contributed by atoms with Crippen LogP contribution in [0.4, 0.5) is 17.1 Å². The highest BCUT2D eigenvalue weighted by atomic mass is 31.2. The molecule has 29 heavy (non-hydrogen) atoms. The van der Waals surface area contributed by atoms with E-state index in [-0.39, 0.29) is 0 Å². The number of nitrogens with two attached hydrogens (primary N) is 1. The molecular weight excluding hydrogens is 389 g/mol. The molecule has 3 rings (SSSR count). The Morgan fingerprint density at radius 1 is 0.828 bits per heavy atom. The summed E-state index contributed by atoms with van der Waals surface area (Å²) in [4.78, 5) is 14.7. The van der Waals surface area contributed by atoms with E-state index in [0.29, 0.717) is 35.0 Å². The van der Waals surface area contributed by atoms with E-state index in [1.807, 2.05) is 19.1 Å². The van der Waals surface area contributed by atoms with E-state index in [1.54, 1.807) is 66.9 Å². The highest BCUT2D eigenvalue weighted by Gasteiger charge is 2.20. The van der Waals surface area contributed by atoms with Crippen molar-refractivity contribution in [2.75, 3.05) is 11.1 Å². The Labute approximate surface area is 170 Å². The van der Waals surface area contributed by atoms with Gasteiger partial charge in [-0.05, 0) is 79.7 Å². The average molecular weight is 409 g/mol. The van der Waals surface area contributed by atoms with Gasteiger partial charge in [0.1, 0.15) is 17.2 Å². The van der Waals surface area contributed by atoms with Gasteiger partial charge in [0.25, 0.3) is 0 Å². The third-order valence-electron chi connectivity index (χ3n) is 3.61. The molecule has 1 amide bonds. The molecule has 1 unspecified atom stereocenters. The van der Waals surface area contributed by atoms with Gasteiger partial charge >= 0.3 is 8.60 Å². The maximum atomic E-state index is 10.5. The summed E-state index contributed by atoms with van der Waals surface area (Å²) < 4.78 is 17.7. The van der Waals surface area contributed by atoms with Crippen molar-refractivity contribution in [1.82, 2.24) is 0 Å². The maximum Gasteiger partial charge on any atom is 0.530 e. The molecule has 0 bridgehead atoms. The molecule has 3 aromatic carbocycles. The first kappa shape index (κ1) is 20.2. The first-order chi connectivity index (χ1) is 14.2. The lowest BCUT2D eigenvalue weighted by Gasteiger charge is -2.18. The molecule has 0 aliphatic carbocycles. The number of benzene rings is 3. The van der Waals surface area contributed by atoms with Crippen molar-refractivity contribution in [3.8, 4) is 17.2 Å². The molecule has 0 aliphatic heterocycles. The molecule has 3 aromatic rings. The number of hydrogen-bond acceptors (Lipinski definition) is 6. The van der Waals surface area contributed by atoms with Crippen molar-refractivity contribution in [3.05, 3.63) is 72.8 Å². The molecule has 0 saturated carbocycles. The molecule has 0 spiro atoms. The quantitative estimate of drug-likeness (QED) is 0.216. The number of nitrogens with one attached hydrogen (secondary N) is 1. The van der Waals surface area contributed by atoms with Crippen LogP contribution in [0, 0.1) is 0 Å². The molecule has 1 atom stereocenters. The smallest absolute Gasteiger partial charge is 0.409 e. The largest absolute Gasteiger partial charge is 0.530 e. The predicted molar refractivity (Wildman–Crippen MR) is 116 cm³/mol. The topological polar surface area (TPSA) is 95.2 Å². The highest BCUT2D eigenvalue weighted by molar-refractivity contribution is 7.43. The number of hydrogen-bond donors (Lipinski definition) is 2. The minimum absolute atomic E-state index is 0.537. The lowest BCUT2D eigenvalue weighted by molar-refractivity contribution is -0.105. The number of amides is 1. The molecule has 8 heteroatoms. The Morgan fingerprint density at radius 2 is 1.31 bits per heavy atom. The van der Waals surface area contributed by atoms with Crippen LogP contribution >= 0.6 is 8.60 Å². The Kier molecular flexibility index (Phi) is 7.03. The fourth-order valence-electron chi connectivity index (χ4n) is 2.26. The van der Waals surface area contributed by atoms with E-state index >= 15 is 0 Å². The Hall–Kier alpha value is -3.57. The number of nitrogen functional groups attached to an aromatic ring is 1. The summed E-state index contributed by atoms with van der Waals surface area (Å²) in [7, 11) is -1.80. The molecule has 148 valence electrons. The fraction of sp³-hybridized carbons (Fsp3) is 0.0476. The Morgan fingerprint density at radius 3 is 1.79 bits per heavy atom. The Balaban J connectivity index is 1.76. The third kappa shape index (κ3) is 6.23. The van der Waals surface area contributed by atoms with Crippen molar-refractivity contribution >= 4 is 38.3 Å². The minimum Gasteiger partial charge on any atom is -0.409 e. The van der Waals surface area contributed by atoms with Gasteiger partial charge in [0, 0.05) is 17.6 Å². The second-order valence-corrected chi connectivity index (χ2v) is 6.73. The van der Waals surface area contributed by atoms with Gasteiger partial charge in [-0.25, -0.2) is 0 Å². The van der Waals surface area contributed by atoms with Crippen LogP contribution in [-0.4, -0.2) is 12.6 Å². The van der Waals surface area contributed by atoms with Crippen molar-refractivity contribution in [1.29, 1.82) is 0 Å². The zero-order valence-corrected chi connectivity index (χ0v) is 16.6. The standard InChI is InChI=1S/C21H20N3O4P/c1-2-23-17-5-11-20(12-6-17)27-29(26-19-9-3-16(22)4-10-19)28-21-13-7-18(8-14-21)24-15-25/h2-15H,22H2,1H3,(H,24,25). The molecule has 3 N–H and O–H groups in total. The van der Waals surface area contributed by atoms with Crippen LogP contribution in [0.5, 0.6) is 17.2 Å². The number of anilines is 2. The highest BCUT2D eigenvalue weighted by Crippen LogP contribution is 2.42. The maximum absolute atomic E-state index is 10.5. The number of nitrogens with zero attached hydrogens (tertiary/aromatic N) is 1. The normalized spacial score (nSPS) is 11.6. The van der Waals surface area contributed by atoms with Crippen molar-refractivity contribution in [3.63, 3.8) is 0 Å². The van der Waals surface area contributed by atoms with Crippen LogP contribution < -0.4 is 24.6 Å². The lowest BCUT2D eigenvalue weighted by atomic mass is 10.3. The van der Waals surface area contributed by atoms with E-state index < -0.39 is 8.60 Å². The lowest BCUT2D eigenvalue weighted by Crippen LogP contribution is -2.02. The van der Waals surface area contributed by atoms with E-state index in [4.69, 9.17) is 19.3 Å². The van der Waals surface area contributed by atoms with Crippen LogP contribution in [0.25, 0.3) is 0 Å². The van der Waals surface area contributed by atoms with Gasteiger partial charge in [0.15, 0.2) is 0 Å². The van der Waals surface area contributed by atoms with Gasteiger partial charge < -0.3 is 24.6 Å². The van der Waals surface area contributed by atoms with E-state index in [0.717, 1.165) is 5.69 Å². The summed E-state index contributed by atoms with van der Waals surface area (Å²) in [5, 5.41) is 2.57. The predicted octanol–water partition coefficient (Wildman–Crippen LogP) is 5.32. The number of carbonyl (C=O) groups excluding carboxylic acids is 1. The monoisotopic (exact) mass is 409 g/mol. The molecule has 0 heterocycles. The fourth-order valence-corrected chi connectivity index (χ4v) is 3.26. The van der Waals surface area contributed by atoms with Crippen molar-refractivity contribution in [2.45, 2.75) is 6.92 Å². The van der Waals surface area contributed by atoms with E-state index in [9.17, 15) is 4.79 Å². The van der Waals surface area contributed by atoms with Gasteiger partial charge in [-0.15, -0.1) is 0 Å². The van der Waals surface area contributed by atoms with Crippen LogP contribution in [0.2, 0.25) is 0 Å². The minimum atomic E-state index is -1.80. The first-order valence-corrected chi connectivity index (χ1v) is 9.84. The number of aliphatic imine (C=N–C) groups is 1. The third-order valence-corrected chi connectivity index (χ3v) is 4.69. The summed E-state index contributed by atoms with van der Waals surface area (Å²) in [5.41, 5.74) is 7.84. The van der Waals surface area contributed by atoms with Gasteiger partial charge in [0.05, 0.1) is 5.69 Å². The second-order valence-electron chi connectivity index (χ2n) is 5.73. The van der Waals surface area contributed by atoms with Crippen LogP contribution in [0.15, 0.2) is 77.8 Å². The average Bonchev–Trinajstić information content (AvgIpc) is 2.73.